The van der Waals surface area contributed by atoms with Crippen LogP contribution < -0.4 is 0 Å². The fraction of sp³-hybridized carbons (Fsp3) is 0.333. The van der Waals surface area contributed by atoms with Crippen LogP contribution in [0.5, 0.6) is 0 Å². The van der Waals surface area contributed by atoms with Crippen molar-refractivity contribution >= 4 is 72.4 Å². The molecule has 0 atom stereocenters. The van der Waals surface area contributed by atoms with Crippen LogP contribution in [0.15, 0.2) is 77.0 Å². The molecule has 6 aromatic rings. The number of rotatable bonds is 7. The molecule has 0 aliphatic rings. The second kappa shape index (κ2) is 12.9. The van der Waals surface area contributed by atoms with Gasteiger partial charge < -0.3 is 5.11 Å². The summed E-state index contributed by atoms with van der Waals surface area (Å²) < 4.78 is 8.77. The van der Waals surface area contributed by atoms with Gasteiger partial charge in [-0.05, 0) is 25.7 Å². The van der Waals surface area contributed by atoms with Gasteiger partial charge >= 0.3 is 143 Å². The molecule has 6 rings (SSSR count). The Kier molecular flexibility index (Phi) is 9.85. The normalized spacial score (nSPS) is 12.6. The number of aliphatic hydroxyl groups excluding tert-OH is 1. The van der Waals surface area contributed by atoms with Gasteiger partial charge in [-0.1, -0.05) is 41.5 Å². The molecule has 221 valence electrons. The van der Waals surface area contributed by atoms with Crippen molar-refractivity contribution < 1.29 is 34.4 Å². The van der Waals surface area contributed by atoms with Gasteiger partial charge in [-0.15, -0.1) is 0 Å². The van der Waals surface area contributed by atoms with Crippen LogP contribution in [-0.4, -0.2) is 30.4 Å². The van der Waals surface area contributed by atoms with Gasteiger partial charge in [0.15, 0.2) is 5.78 Å². The zero-order chi connectivity index (χ0) is 29.4. The second-order valence-corrected chi connectivity index (χ2v) is 13.6. The quantitative estimate of drug-likeness (QED) is 0.0756. The summed E-state index contributed by atoms with van der Waals surface area (Å²) in [7, 11) is 0. The van der Waals surface area contributed by atoms with E-state index in [4.69, 9.17) is 9.40 Å². The van der Waals surface area contributed by atoms with Gasteiger partial charge in [0.1, 0.15) is 5.76 Å². The number of fused-ring (bicyclic) bond motifs is 4. The third-order valence-electron chi connectivity index (χ3n) is 9.22. The standard InChI is InChI=1S/C21H10NOSe.C15H28O2.Ir/c1-2-6-13-12(5-1)11-22-20-14-7-3-8-15-18(14)19-16(23-15)9-4-10-17(19)24-21(13)20;1-7-14(5,8-2)12(16)11-13(17)15(6,9-3)10-4;/h1-6,8-11H;11,16H,7-10H2,1-6H3;/q-1;;/b;12-11-;. The molecule has 42 heavy (non-hydrogen) atoms. The maximum absolute atomic E-state index is 12.2. The van der Waals surface area contributed by atoms with Crippen molar-refractivity contribution in [2.45, 2.75) is 67.2 Å². The number of benzene rings is 3. The van der Waals surface area contributed by atoms with Crippen LogP contribution in [0.2, 0.25) is 0 Å². The molecule has 0 saturated heterocycles. The Balaban J connectivity index is 0.000000203. The number of ketones is 1. The first kappa shape index (κ1) is 32.2. The van der Waals surface area contributed by atoms with E-state index in [9.17, 15) is 9.90 Å². The average Bonchev–Trinajstić information content (AvgIpc) is 3.32. The topological polar surface area (TPSA) is 63.3 Å². The Morgan fingerprint density at radius 1 is 0.929 bits per heavy atom. The minimum absolute atomic E-state index is 0. The fourth-order valence-electron chi connectivity index (χ4n) is 5.26. The summed E-state index contributed by atoms with van der Waals surface area (Å²) >= 11 is 0.173. The molecule has 0 bridgehead atoms. The number of pyridine rings is 1. The molecule has 6 heteroatoms. The summed E-state index contributed by atoms with van der Waals surface area (Å²) in [5, 5.41) is 16.1. The Bertz CT molecular complexity index is 1910. The van der Waals surface area contributed by atoms with Crippen LogP contribution in [0.1, 0.15) is 67.2 Å². The van der Waals surface area contributed by atoms with Gasteiger partial charge in [-0.25, -0.2) is 0 Å². The molecule has 0 aliphatic heterocycles. The van der Waals surface area contributed by atoms with E-state index in [-0.39, 0.29) is 57.0 Å². The van der Waals surface area contributed by atoms with E-state index in [2.05, 4.69) is 48.5 Å². The third kappa shape index (κ3) is 5.63. The van der Waals surface area contributed by atoms with Crippen molar-refractivity contribution in [3.63, 3.8) is 0 Å². The first-order valence-corrected chi connectivity index (χ1v) is 16.3. The van der Waals surface area contributed by atoms with E-state index in [0.29, 0.717) is 0 Å². The van der Waals surface area contributed by atoms with Crippen molar-refractivity contribution in [3.05, 3.63) is 78.7 Å². The number of hydrogen-bond acceptors (Lipinski definition) is 4. The summed E-state index contributed by atoms with van der Waals surface area (Å²) in [6, 6.07) is 22.3. The van der Waals surface area contributed by atoms with E-state index in [1.807, 2.05) is 59.9 Å². The number of aliphatic hydroxyl groups is 1. The van der Waals surface area contributed by atoms with Crippen LogP contribution in [0.4, 0.5) is 0 Å². The van der Waals surface area contributed by atoms with E-state index in [1.54, 1.807) is 0 Å². The number of hydrogen-bond donors (Lipinski definition) is 1. The van der Waals surface area contributed by atoms with Gasteiger partial charge in [0.25, 0.3) is 0 Å². The zero-order valence-electron chi connectivity index (χ0n) is 25.1. The third-order valence-corrected chi connectivity index (χ3v) is 11.7. The molecule has 3 heterocycles. The van der Waals surface area contributed by atoms with E-state index in [0.717, 1.165) is 53.1 Å². The molecule has 3 aromatic heterocycles. The summed E-state index contributed by atoms with van der Waals surface area (Å²) in [5.41, 5.74) is 2.33. The molecule has 0 unspecified atom stereocenters. The molecule has 0 aliphatic carbocycles. The molecule has 0 spiro atoms. The summed E-state index contributed by atoms with van der Waals surface area (Å²) in [5.74, 6) is 0.286. The van der Waals surface area contributed by atoms with Crippen molar-refractivity contribution in [3.8, 4) is 0 Å². The Hall–Kier alpha value is -2.75. The maximum atomic E-state index is 12.2. The number of furan rings is 1. The van der Waals surface area contributed by atoms with Crippen LogP contribution in [-0.2, 0) is 24.9 Å². The predicted octanol–water partition coefficient (Wildman–Crippen LogP) is 9.95. The monoisotopic (exact) mass is 805 g/mol. The summed E-state index contributed by atoms with van der Waals surface area (Å²) in [6.45, 7) is 12.1. The molecule has 0 saturated carbocycles. The Morgan fingerprint density at radius 2 is 1.60 bits per heavy atom. The van der Waals surface area contributed by atoms with Crippen LogP contribution in [0.25, 0.3) is 52.1 Å². The number of nitrogens with zero attached hydrogens (tertiary/aromatic N) is 1. The van der Waals surface area contributed by atoms with E-state index < -0.39 is 0 Å². The molecule has 3 aromatic carbocycles. The molecule has 0 fully saturated rings. The van der Waals surface area contributed by atoms with Crippen molar-refractivity contribution in [1.29, 1.82) is 0 Å². The van der Waals surface area contributed by atoms with Crippen molar-refractivity contribution in [2.24, 2.45) is 10.8 Å². The number of aromatic nitrogens is 1. The molecule has 1 N–H and O–H groups in total. The molecular weight excluding hydrogens is 766 g/mol. The molecule has 0 amide bonds. The van der Waals surface area contributed by atoms with E-state index in [1.165, 1.54) is 30.8 Å². The fourth-order valence-corrected chi connectivity index (χ4v) is 7.81. The first-order valence-electron chi connectivity index (χ1n) is 14.6. The summed E-state index contributed by atoms with van der Waals surface area (Å²) in [4.78, 5) is 17.0. The zero-order valence-corrected chi connectivity index (χ0v) is 29.2. The van der Waals surface area contributed by atoms with Crippen molar-refractivity contribution in [2.75, 3.05) is 0 Å². The van der Waals surface area contributed by atoms with Gasteiger partial charge in [0.05, 0.1) is 0 Å². The summed E-state index contributed by atoms with van der Waals surface area (Å²) in [6.07, 6.45) is 6.73. The van der Waals surface area contributed by atoms with Gasteiger partial charge in [0.2, 0.25) is 0 Å². The Morgan fingerprint density at radius 3 is 2.29 bits per heavy atom. The predicted molar refractivity (Wildman–Crippen MR) is 173 cm³/mol. The number of carbonyl (C=O) groups excluding carboxylic acids is 1. The minimum atomic E-state index is -0.337. The first-order chi connectivity index (χ1) is 19.7. The van der Waals surface area contributed by atoms with Gasteiger partial charge in [0, 0.05) is 37.0 Å². The molecule has 1 radical (unpaired) electrons. The van der Waals surface area contributed by atoms with Crippen LogP contribution >= 0.6 is 0 Å². The number of carbonyl (C=O) groups is 1. The van der Waals surface area contributed by atoms with Crippen LogP contribution in [0, 0.1) is 16.9 Å². The van der Waals surface area contributed by atoms with Crippen molar-refractivity contribution in [1.82, 2.24) is 4.98 Å². The molecule has 4 nitrogen and oxygen atoms in total. The van der Waals surface area contributed by atoms with E-state index >= 15 is 0 Å². The van der Waals surface area contributed by atoms with Crippen LogP contribution in [0.3, 0.4) is 0 Å². The Labute approximate surface area is 267 Å². The second-order valence-electron chi connectivity index (χ2n) is 11.4. The number of allylic oxidation sites excluding steroid dienone is 2. The average molecular weight is 804 g/mol. The van der Waals surface area contributed by atoms with Gasteiger partial charge in [-0.2, -0.15) is 0 Å². The molecular formula is C36H38IrNO3Se-. The SMILES string of the molecule is CCC(C)(CC)C(=O)/C=C(\O)C(C)(CC)CC.[Ir].[c-]1ccc2oc3cccc4[se]c5c6ccccc6cnc5c1c2c34. The van der Waals surface area contributed by atoms with Gasteiger partial charge in [-0.3, -0.25) is 4.79 Å².